The maximum Gasteiger partial charge on any atom is 0.0109 e. The van der Waals surface area contributed by atoms with Gasteiger partial charge in [-0.05, 0) is 37.1 Å². The second-order valence-corrected chi connectivity index (χ2v) is 5.55. The van der Waals surface area contributed by atoms with E-state index in [0.29, 0.717) is 0 Å². The SMILES string of the molecule is C=C(Cl)CCCCCCSc1ccccc1. The molecule has 0 spiro atoms. The summed E-state index contributed by atoms with van der Waals surface area (Å²) in [5, 5.41) is 0.790. The van der Waals surface area contributed by atoms with Crippen molar-refractivity contribution in [3.05, 3.63) is 41.9 Å². The minimum absolute atomic E-state index is 0.790. The molecule has 0 N–H and O–H groups in total. The van der Waals surface area contributed by atoms with E-state index in [0.717, 1.165) is 11.5 Å². The molecule has 0 fully saturated rings. The molecule has 1 aromatic carbocycles. The summed E-state index contributed by atoms with van der Waals surface area (Å²) in [7, 11) is 0. The number of unbranched alkanes of at least 4 members (excludes halogenated alkanes) is 3. The third-order valence-electron chi connectivity index (χ3n) is 2.35. The molecule has 0 saturated heterocycles. The summed E-state index contributed by atoms with van der Waals surface area (Å²) in [5.41, 5.74) is 0. The molecule has 88 valence electrons. The number of allylic oxidation sites excluding steroid dienone is 1. The van der Waals surface area contributed by atoms with Crippen LogP contribution in [0.5, 0.6) is 0 Å². The van der Waals surface area contributed by atoms with Gasteiger partial charge in [-0.25, -0.2) is 0 Å². The van der Waals surface area contributed by atoms with Gasteiger partial charge in [0.05, 0.1) is 0 Å². The summed E-state index contributed by atoms with van der Waals surface area (Å²) < 4.78 is 0. The number of halogens is 1. The Balaban J connectivity index is 1.94. The molecule has 0 atom stereocenters. The van der Waals surface area contributed by atoms with E-state index in [9.17, 15) is 0 Å². The topological polar surface area (TPSA) is 0 Å². The maximum absolute atomic E-state index is 5.70. The first-order chi connectivity index (χ1) is 7.79. The molecule has 0 radical (unpaired) electrons. The first kappa shape index (κ1) is 13.7. The minimum atomic E-state index is 0.790. The maximum atomic E-state index is 5.70. The Labute approximate surface area is 108 Å². The number of thioether (sulfide) groups is 1. The first-order valence-corrected chi connectivity index (χ1v) is 7.16. The van der Waals surface area contributed by atoms with E-state index in [-0.39, 0.29) is 0 Å². The summed E-state index contributed by atoms with van der Waals surface area (Å²) in [4.78, 5) is 1.37. The van der Waals surface area contributed by atoms with Crippen LogP contribution in [0.25, 0.3) is 0 Å². The van der Waals surface area contributed by atoms with Crippen molar-refractivity contribution in [1.29, 1.82) is 0 Å². The predicted molar refractivity (Wildman–Crippen MR) is 75.2 cm³/mol. The van der Waals surface area contributed by atoms with Crippen LogP contribution in [-0.4, -0.2) is 5.75 Å². The van der Waals surface area contributed by atoms with Gasteiger partial charge >= 0.3 is 0 Å². The number of hydrogen-bond acceptors (Lipinski definition) is 1. The summed E-state index contributed by atoms with van der Waals surface area (Å²) in [6.07, 6.45) is 5.99. The molecule has 1 aromatic rings. The van der Waals surface area contributed by atoms with Gasteiger partial charge in [-0.1, -0.05) is 49.2 Å². The van der Waals surface area contributed by atoms with Crippen molar-refractivity contribution in [2.24, 2.45) is 0 Å². The average Bonchev–Trinajstić information content (AvgIpc) is 2.29. The van der Waals surface area contributed by atoms with E-state index >= 15 is 0 Å². The molecule has 0 aromatic heterocycles. The quantitative estimate of drug-likeness (QED) is 0.437. The lowest BCUT2D eigenvalue weighted by molar-refractivity contribution is 0.675. The van der Waals surface area contributed by atoms with Crippen LogP contribution in [0.1, 0.15) is 32.1 Å². The molecule has 0 aliphatic heterocycles. The van der Waals surface area contributed by atoms with Gasteiger partial charge in [0, 0.05) is 9.93 Å². The highest BCUT2D eigenvalue weighted by molar-refractivity contribution is 7.99. The number of benzene rings is 1. The molecule has 1 rings (SSSR count). The Morgan fingerprint density at radius 2 is 1.75 bits per heavy atom. The third kappa shape index (κ3) is 6.97. The highest BCUT2D eigenvalue weighted by Gasteiger charge is 1.94. The van der Waals surface area contributed by atoms with Crippen LogP contribution >= 0.6 is 23.4 Å². The van der Waals surface area contributed by atoms with Gasteiger partial charge in [0.1, 0.15) is 0 Å². The lowest BCUT2D eigenvalue weighted by Gasteiger charge is -2.01. The van der Waals surface area contributed by atoms with Crippen molar-refractivity contribution < 1.29 is 0 Å². The van der Waals surface area contributed by atoms with E-state index < -0.39 is 0 Å². The molecule has 0 aliphatic carbocycles. The standard InChI is InChI=1S/C14H19ClS/c1-13(15)9-5-2-3-8-12-16-14-10-6-4-7-11-14/h4,6-7,10-11H,1-3,5,8-9,12H2. The Morgan fingerprint density at radius 1 is 1.06 bits per heavy atom. The van der Waals surface area contributed by atoms with Gasteiger partial charge < -0.3 is 0 Å². The van der Waals surface area contributed by atoms with Crippen molar-refractivity contribution in [3.63, 3.8) is 0 Å². The average molecular weight is 255 g/mol. The second kappa shape index (κ2) is 8.72. The fourth-order valence-electron chi connectivity index (χ4n) is 1.48. The highest BCUT2D eigenvalue weighted by atomic mass is 35.5. The second-order valence-electron chi connectivity index (χ2n) is 3.84. The van der Waals surface area contributed by atoms with Gasteiger partial charge in [-0.2, -0.15) is 0 Å². The van der Waals surface area contributed by atoms with E-state index in [1.54, 1.807) is 0 Å². The molecular weight excluding hydrogens is 236 g/mol. The zero-order chi connectivity index (χ0) is 11.6. The Kier molecular flexibility index (Phi) is 7.45. The monoisotopic (exact) mass is 254 g/mol. The third-order valence-corrected chi connectivity index (χ3v) is 3.64. The highest BCUT2D eigenvalue weighted by Crippen LogP contribution is 2.19. The fourth-order valence-corrected chi connectivity index (χ4v) is 2.55. The zero-order valence-corrected chi connectivity index (χ0v) is 11.2. The van der Waals surface area contributed by atoms with Crippen LogP contribution in [0.2, 0.25) is 0 Å². The smallest absolute Gasteiger partial charge is 0.0109 e. The summed E-state index contributed by atoms with van der Waals surface area (Å²) in [6.45, 7) is 3.69. The minimum Gasteiger partial charge on any atom is -0.126 e. The largest absolute Gasteiger partial charge is 0.126 e. The Bertz CT molecular complexity index is 295. The van der Waals surface area contributed by atoms with Crippen LogP contribution in [0.4, 0.5) is 0 Å². The fraction of sp³-hybridized carbons (Fsp3) is 0.429. The molecule has 0 nitrogen and oxygen atoms in total. The van der Waals surface area contributed by atoms with Crippen LogP contribution in [0, 0.1) is 0 Å². The summed E-state index contributed by atoms with van der Waals surface area (Å²) in [6, 6.07) is 10.6. The first-order valence-electron chi connectivity index (χ1n) is 5.80. The van der Waals surface area contributed by atoms with E-state index in [2.05, 4.69) is 36.9 Å². The molecule has 0 bridgehead atoms. The summed E-state index contributed by atoms with van der Waals surface area (Å²) in [5.74, 6) is 1.21. The predicted octanol–water partition coefficient (Wildman–Crippen LogP) is 5.48. The molecular formula is C14H19ClS. The lowest BCUT2D eigenvalue weighted by Crippen LogP contribution is -1.82. The number of rotatable bonds is 8. The molecule has 0 aliphatic rings. The van der Waals surface area contributed by atoms with Crippen molar-refractivity contribution in [1.82, 2.24) is 0 Å². The molecule has 2 heteroatoms. The Hall–Kier alpha value is -0.400. The molecule has 0 heterocycles. The van der Waals surface area contributed by atoms with Gasteiger partial charge in [-0.15, -0.1) is 11.8 Å². The van der Waals surface area contributed by atoms with E-state index in [4.69, 9.17) is 11.6 Å². The summed E-state index contributed by atoms with van der Waals surface area (Å²) >= 11 is 7.64. The molecule has 0 saturated carbocycles. The van der Waals surface area contributed by atoms with Crippen LogP contribution in [0.3, 0.4) is 0 Å². The van der Waals surface area contributed by atoms with Crippen molar-refractivity contribution in [2.45, 2.75) is 37.0 Å². The lowest BCUT2D eigenvalue weighted by atomic mass is 10.1. The van der Waals surface area contributed by atoms with Crippen molar-refractivity contribution >= 4 is 23.4 Å². The molecule has 0 amide bonds. The number of hydrogen-bond donors (Lipinski definition) is 0. The van der Waals surface area contributed by atoms with E-state index in [1.165, 1.54) is 36.3 Å². The van der Waals surface area contributed by atoms with Gasteiger partial charge in [0.2, 0.25) is 0 Å². The van der Waals surface area contributed by atoms with Crippen LogP contribution < -0.4 is 0 Å². The Morgan fingerprint density at radius 3 is 2.44 bits per heavy atom. The van der Waals surface area contributed by atoms with Gasteiger partial charge in [0.25, 0.3) is 0 Å². The van der Waals surface area contributed by atoms with Gasteiger partial charge in [0.15, 0.2) is 0 Å². The van der Waals surface area contributed by atoms with Gasteiger partial charge in [-0.3, -0.25) is 0 Å². The molecule has 0 unspecified atom stereocenters. The van der Waals surface area contributed by atoms with Crippen LogP contribution in [-0.2, 0) is 0 Å². The van der Waals surface area contributed by atoms with E-state index in [1.807, 2.05) is 11.8 Å². The zero-order valence-electron chi connectivity index (χ0n) is 9.62. The normalized spacial score (nSPS) is 10.3. The van der Waals surface area contributed by atoms with Crippen molar-refractivity contribution in [3.8, 4) is 0 Å². The van der Waals surface area contributed by atoms with Crippen molar-refractivity contribution in [2.75, 3.05) is 5.75 Å². The molecule has 16 heavy (non-hydrogen) atoms. The van der Waals surface area contributed by atoms with Crippen LogP contribution in [0.15, 0.2) is 46.8 Å².